The van der Waals surface area contributed by atoms with Crippen molar-refractivity contribution in [2.24, 2.45) is 10.7 Å². The van der Waals surface area contributed by atoms with Crippen LogP contribution in [-0.2, 0) is 0 Å². The first-order valence-electron chi connectivity index (χ1n) is 6.53. The number of nitrogens with zero attached hydrogens (tertiary/aromatic N) is 3. The van der Waals surface area contributed by atoms with Gasteiger partial charge in [-0.05, 0) is 52.7 Å². The number of benzene rings is 1. The van der Waals surface area contributed by atoms with Crippen LogP contribution in [0.15, 0.2) is 46.0 Å². The van der Waals surface area contributed by atoms with E-state index >= 15 is 0 Å². The van der Waals surface area contributed by atoms with Crippen molar-refractivity contribution >= 4 is 39.2 Å². The van der Waals surface area contributed by atoms with Crippen LogP contribution >= 0.6 is 27.5 Å². The Morgan fingerprint density at radius 1 is 1.33 bits per heavy atom. The summed E-state index contributed by atoms with van der Waals surface area (Å²) in [4.78, 5) is 10.7. The normalized spacial score (nSPS) is 18.0. The molecule has 1 aliphatic heterocycles. The van der Waals surface area contributed by atoms with Crippen molar-refractivity contribution in [3.8, 4) is 0 Å². The summed E-state index contributed by atoms with van der Waals surface area (Å²) in [5.74, 6) is 0.509. The Hall–Kier alpha value is -1.59. The number of aromatic nitrogens is 1. The average molecular weight is 366 g/mol. The molecule has 0 bridgehead atoms. The van der Waals surface area contributed by atoms with E-state index in [4.69, 9.17) is 17.3 Å². The van der Waals surface area contributed by atoms with Gasteiger partial charge in [-0.3, -0.25) is 9.98 Å². The Morgan fingerprint density at radius 2 is 2.14 bits per heavy atom. The highest BCUT2D eigenvalue weighted by molar-refractivity contribution is 9.10. The van der Waals surface area contributed by atoms with E-state index in [9.17, 15) is 0 Å². The number of pyridine rings is 1. The Balaban J connectivity index is 1.99. The van der Waals surface area contributed by atoms with E-state index in [0.29, 0.717) is 17.5 Å². The molecule has 1 aromatic heterocycles. The average Bonchev–Trinajstić information content (AvgIpc) is 2.85. The molecule has 0 amide bonds. The van der Waals surface area contributed by atoms with Crippen LogP contribution < -0.4 is 10.6 Å². The highest BCUT2D eigenvalue weighted by atomic mass is 79.9. The van der Waals surface area contributed by atoms with Gasteiger partial charge in [0.1, 0.15) is 0 Å². The van der Waals surface area contributed by atoms with Crippen molar-refractivity contribution in [1.29, 1.82) is 0 Å². The fourth-order valence-corrected chi connectivity index (χ4v) is 2.86. The van der Waals surface area contributed by atoms with Crippen LogP contribution in [0.2, 0.25) is 5.02 Å². The molecule has 2 heterocycles. The standard InChI is InChI=1S/C15H14BrClN4/c1-9-2-3-10(7-19-9)14-8-20-15(18)21(14)11-4-5-13(17)12(16)6-11/h2-7,14H,8H2,1H3,(H2,18,20). The zero-order valence-electron chi connectivity index (χ0n) is 11.4. The minimum atomic E-state index is 0.0613. The zero-order chi connectivity index (χ0) is 15.0. The molecule has 3 rings (SSSR count). The summed E-state index contributed by atoms with van der Waals surface area (Å²) in [6.07, 6.45) is 1.88. The first-order valence-corrected chi connectivity index (χ1v) is 7.70. The minimum Gasteiger partial charge on any atom is -0.369 e. The van der Waals surface area contributed by atoms with Gasteiger partial charge in [0.05, 0.1) is 17.6 Å². The molecular formula is C15H14BrClN4. The molecule has 0 saturated heterocycles. The van der Waals surface area contributed by atoms with Crippen molar-refractivity contribution in [2.45, 2.75) is 13.0 Å². The monoisotopic (exact) mass is 364 g/mol. The summed E-state index contributed by atoms with van der Waals surface area (Å²) in [6, 6.07) is 9.86. The summed E-state index contributed by atoms with van der Waals surface area (Å²) in [7, 11) is 0. The Kier molecular flexibility index (Phi) is 3.87. The molecule has 1 atom stereocenters. The summed E-state index contributed by atoms with van der Waals surface area (Å²) < 4.78 is 0.835. The van der Waals surface area contributed by atoms with Crippen LogP contribution in [0.4, 0.5) is 5.69 Å². The fraction of sp³-hybridized carbons (Fsp3) is 0.200. The summed E-state index contributed by atoms with van der Waals surface area (Å²) >= 11 is 9.50. The predicted octanol–water partition coefficient (Wildman–Crippen LogP) is 3.68. The maximum absolute atomic E-state index is 6.06. The van der Waals surface area contributed by atoms with Crippen LogP contribution in [0.1, 0.15) is 17.3 Å². The van der Waals surface area contributed by atoms with Gasteiger partial charge in [0.15, 0.2) is 5.96 Å². The summed E-state index contributed by atoms with van der Waals surface area (Å²) in [5.41, 5.74) is 9.10. The van der Waals surface area contributed by atoms with Crippen molar-refractivity contribution in [3.05, 3.63) is 57.3 Å². The van der Waals surface area contributed by atoms with E-state index in [1.165, 1.54) is 0 Å². The van der Waals surface area contributed by atoms with Crippen LogP contribution in [0, 0.1) is 6.92 Å². The Morgan fingerprint density at radius 3 is 2.81 bits per heavy atom. The number of hydrogen-bond acceptors (Lipinski definition) is 4. The third-order valence-corrected chi connectivity index (χ3v) is 4.70. The van der Waals surface area contributed by atoms with Gasteiger partial charge in [0.2, 0.25) is 0 Å². The lowest BCUT2D eigenvalue weighted by atomic mass is 10.1. The quantitative estimate of drug-likeness (QED) is 0.883. The lowest BCUT2D eigenvalue weighted by Gasteiger charge is -2.26. The van der Waals surface area contributed by atoms with E-state index < -0.39 is 0 Å². The number of rotatable bonds is 2. The van der Waals surface area contributed by atoms with Gasteiger partial charge in [-0.2, -0.15) is 0 Å². The van der Waals surface area contributed by atoms with E-state index in [0.717, 1.165) is 21.4 Å². The van der Waals surface area contributed by atoms with Crippen molar-refractivity contribution in [3.63, 3.8) is 0 Å². The third kappa shape index (κ3) is 2.76. The molecule has 2 aromatic rings. The van der Waals surface area contributed by atoms with Crippen molar-refractivity contribution in [1.82, 2.24) is 4.98 Å². The van der Waals surface area contributed by atoms with Crippen molar-refractivity contribution in [2.75, 3.05) is 11.4 Å². The SMILES string of the molecule is Cc1ccc(C2CN=C(N)N2c2ccc(Cl)c(Br)c2)cn1. The molecule has 0 saturated carbocycles. The van der Waals surface area contributed by atoms with Gasteiger partial charge >= 0.3 is 0 Å². The lowest BCUT2D eigenvalue weighted by molar-refractivity contribution is 0.762. The Bertz CT molecular complexity index is 699. The summed E-state index contributed by atoms with van der Waals surface area (Å²) in [6.45, 7) is 2.59. The smallest absolute Gasteiger partial charge is 0.196 e. The van der Waals surface area contributed by atoms with Gasteiger partial charge < -0.3 is 10.6 Å². The third-order valence-electron chi connectivity index (χ3n) is 3.49. The molecule has 21 heavy (non-hydrogen) atoms. The first-order chi connectivity index (χ1) is 10.1. The molecule has 4 nitrogen and oxygen atoms in total. The molecule has 0 aliphatic carbocycles. The molecule has 108 valence electrons. The van der Waals surface area contributed by atoms with E-state index in [-0.39, 0.29) is 6.04 Å². The second-order valence-corrected chi connectivity index (χ2v) is 6.18. The highest BCUT2D eigenvalue weighted by Gasteiger charge is 2.29. The number of guanidine groups is 1. The topological polar surface area (TPSA) is 54.5 Å². The second-order valence-electron chi connectivity index (χ2n) is 4.92. The van der Waals surface area contributed by atoms with Crippen LogP contribution in [0.25, 0.3) is 0 Å². The van der Waals surface area contributed by atoms with Crippen LogP contribution in [-0.4, -0.2) is 17.5 Å². The van der Waals surface area contributed by atoms with Crippen LogP contribution in [0.5, 0.6) is 0 Å². The molecule has 6 heteroatoms. The number of aliphatic imine (C=N–C) groups is 1. The van der Waals surface area contributed by atoms with E-state index in [1.54, 1.807) is 0 Å². The van der Waals surface area contributed by atoms with Gasteiger partial charge in [-0.1, -0.05) is 17.7 Å². The highest BCUT2D eigenvalue weighted by Crippen LogP contribution is 2.34. The van der Waals surface area contributed by atoms with Crippen LogP contribution in [0.3, 0.4) is 0 Å². The summed E-state index contributed by atoms with van der Waals surface area (Å²) in [5, 5.41) is 0.669. The van der Waals surface area contributed by atoms with Gasteiger partial charge in [-0.25, -0.2) is 0 Å². The molecule has 0 spiro atoms. The fourth-order valence-electron chi connectivity index (χ4n) is 2.38. The lowest BCUT2D eigenvalue weighted by Crippen LogP contribution is -2.36. The number of aryl methyl sites for hydroxylation is 1. The Labute approximate surface area is 136 Å². The number of anilines is 1. The zero-order valence-corrected chi connectivity index (χ0v) is 13.8. The predicted molar refractivity (Wildman–Crippen MR) is 89.8 cm³/mol. The maximum Gasteiger partial charge on any atom is 0.196 e. The largest absolute Gasteiger partial charge is 0.369 e. The van der Waals surface area contributed by atoms with E-state index in [1.807, 2.05) is 42.3 Å². The van der Waals surface area contributed by atoms with Gasteiger partial charge in [0.25, 0.3) is 0 Å². The first kappa shape index (κ1) is 14.4. The number of halogens is 2. The molecule has 0 radical (unpaired) electrons. The molecule has 1 unspecified atom stereocenters. The molecular weight excluding hydrogens is 352 g/mol. The second kappa shape index (κ2) is 5.66. The number of hydrogen-bond donors (Lipinski definition) is 1. The minimum absolute atomic E-state index is 0.0613. The van der Waals surface area contributed by atoms with E-state index in [2.05, 4.69) is 32.0 Å². The van der Waals surface area contributed by atoms with Gasteiger partial charge in [-0.15, -0.1) is 0 Å². The molecule has 1 aromatic carbocycles. The molecule has 2 N–H and O–H groups in total. The number of nitrogens with two attached hydrogens (primary N) is 1. The van der Waals surface area contributed by atoms with Gasteiger partial charge in [0, 0.05) is 22.1 Å². The van der Waals surface area contributed by atoms with Crippen molar-refractivity contribution < 1.29 is 0 Å². The molecule has 0 fully saturated rings. The molecule has 1 aliphatic rings. The maximum atomic E-state index is 6.06.